The van der Waals surface area contributed by atoms with Crippen LogP contribution in [0.3, 0.4) is 0 Å². The Morgan fingerprint density at radius 3 is 2.39 bits per heavy atom. The van der Waals surface area contributed by atoms with Crippen molar-refractivity contribution in [3.8, 4) is 16.9 Å². The molecule has 4 rings (SSSR count). The molecule has 7 heteroatoms. The minimum Gasteiger partial charge on any atom is -0.465 e. The highest BCUT2D eigenvalue weighted by atomic mass is 16.5. The minimum atomic E-state index is -0.692. The van der Waals surface area contributed by atoms with Crippen molar-refractivity contribution in [2.45, 2.75) is 0 Å². The number of methoxy groups -OCH3 is 2. The summed E-state index contributed by atoms with van der Waals surface area (Å²) in [6, 6.07) is 16.2. The molecule has 0 atom stereocenters. The van der Waals surface area contributed by atoms with E-state index in [-0.39, 0.29) is 11.3 Å². The van der Waals surface area contributed by atoms with Gasteiger partial charge in [-0.2, -0.15) is 5.10 Å². The van der Waals surface area contributed by atoms with Gasteiger partial charge in [0.25, 0.3) is 0 Å². The number of carbonyl (C=O) groups excluding carboxylic acids is 2. The second-order valence-corrected chi connectivity index (χ2v) is 5.94. The molecule has 0 radical (unpaired) electrons. The van der Waals surface area contributed by atoms with E-state index in [1.807, 2.05) is 30.3 Å². The predicted octanol–water partition coefficient (Wildman–Crippen LogP) is 3.86. The normalized spacial score (nSPS) is 10.8. The summed E-state index contributed by atoms with van der Waals surface area (Å²) < 4.78 is 16.7. The van der Waals surface area contributed by atoms with E-state index >= 15 is 0 Å². The van der Waals surface area contributed by atoms with Crippen molar-refractivity contribution in [2.24, 2.45) is 0 Å². The van der Waals surface area contributed by atoms with Gasteiger partial charge in [-0.25, -0.2) is 14.3 Å². The molecule has 2 aromatic heterocycles. The number of ether oxygens (including phenoxy) is 2. The van der Waals surface area contributed by atoms with Gasteiger partial charge in [0.05, 0.1) is 26.2 Å². The predicted molar refractivity (Wildman–Crippen MR) is 101 cm³/mol. The summed E-state index contributed by atoms with van der Waals surface area (Å²) in [4.78, 5) is 25.3. The topological polar surface area (TPSA) is 83.6 Å². The summed E-state index contributed by atoms with van der Waals surface area (Å²) >= 11 is 0. The number of carbonyl (C=O) groups is 2. The van der Waals surface area contributed by atoms with Crippen LogP contribution in [0.4, 0.5) is 0 Å². The van der Waals surface area contributed by atoms with Crippen molar-refractivity contribution >= 4 is 22.9 Å². The van der Waals surface area contributed by atoms with E-state index in [9.17, 15) is 9.59 Å². The Hall–Kier alpha value is -3.87. The second kappa shape index (κ2) is 7.03. The van der Waals surface area contributed by atoms with Crippen LogP contribution in [0.5, 0.6) is 0 Å². The first-order chi connectivity index (χ1) is 13.7. The van der Waals surface area contributed by atoms with E-state index in [2.05, 4.69) is 5.10 Å². The zero-order valence-corrected chi connectivity index (χ0v) is 15.2. The van der Waals surface area contributed by atoms with Gasteiger partial charge in [-0.15, -0.1) is 0 Å². The van der Waals surface area contributed by atoms with Crippen LogP contribution in [-0.2, 0) is 9.47 Å². The Morgan fingerprint density at radius 1 is 0.929 bits per heavy atom. The van der Waals surface area contributed by atoms with Gasteiger partial charge < -0.3 is 13.9 Å². The molecule has 0 saturated carbocycles. The van der Waals surface area contributed by atoms with Crippen molar-refractivity contribution in [2.75, 3.05) is 14.2 Å². The third-order valence-corrected chi connectivity index (χ3v) is 4.41. The Balaban J connectivity index is 2.09. The molecule has 0 amide bonds. The van der Waals surface area contributed by atoms with Gasteiger partial charge in [0.2, 0.25) is 0 Å². The highest BCUT2D eigenvalue weighted by Crippen LogP contribution is 2.34. The summed E-state index contributed by atoms with van der Waals surface area (Å²) in [6.45, 7) is 0. The molecule has 0 aliphatic rings. The number of esters is 2. The molecule has 0 spiro atoms. The summed E-state index contributed by atoms with van der Waals surface area (Å²) in [5.41, 5.74) is 2.23. The van der Waals surface area contributed by atoms with E-state index in [1.165, 1.54) is 18.9 Å². The fraction of sp³-hybridized carbons (Fsp3) is 0.0952. The number of fused-ring (bicyclic) bond motifs is 1. The lowest BCUT2D eigenvalue weighted by Gasteiger charge is -2.07. The molecule has 28 heavy (non-hydrogen) atoms. The van der Waals surface area contributed by atoms with Crippen LogP contribution >= 0.6 is 0 Å². The lowest BCUT2D eigenvalue weighted by Crippen LogP contribution is -2.15. The van der Waals surface area contributed by atoms with Crippen molar-refractivity contribution in [1.82, 2.24) is 9.78 Å². The van der Waals surface area contributed by atoms with Crippen molar-refractivity contribution in [3.05, 3.63) is 72.1 Å². The van der Waals surface area contributed by atoms with Crippen LogP contribution in [0.2, 0.25) is 0 Å². The molecule has 2 heterocycles. The zero-order valence-electron chi connectivity index (χ0n) is 15.2. The Morgan fingerprint density at radius 2 is 1.68 bits per heavy atom. The van der Waals surface area contributed by atoms with Crippen molar-refractivity contribution in [1.29, 1.82) is 0 Å². The van der Waals surface area contributed by atoms with Crippen LogP contribution in [0.1, 0.15) is 20.8 Å². The molecule has 0 N–H and O–H groups in total. The molecule has 0 aliphatic carbocycles. The third kappa shape index (κ3) is 2.73. The second-order valence-electron chi connectivity index (χ2n) is 5.94. The first kappa shape index (κ1) is 17.5. The highest BCUT2D eigenvalue weighted by Gasteiger charge is 2.31. The summed E-state index contributed by atoms with van der Waals surface area (Å²) in [6.07, 6.45) is 1.56. The van der Waals surface area contributed by atoms with E-state index in [1.54, 1.807) is 30.5 Å². The standard InChI is InChI=1S/C21H16N2O5/c1-26-20(24)17-18(15-9-6-10-16-14(15)11-12-28-16)22-23(19(17)21(25)27-2)13-7-4-3-5-8-13/h3-12H,1-2H3. The van der Waals surface area contributed by atoms with E-state index in [0.29, 0.717) is 22.5 Å². The highest BCUT2D eigenvalue weighted by molar-refractivity contribution is 6.09. The van der Waals surface area contributed by atoms with Crippen LogP contribution in [0, 0.1) is 0 Å². The van der Waals surface area contributed by atoms with Gasteiger partial charge in [-0.3, -0.25) is 0 Å². The fourth-order valence-electron chi connectivity index (χ4n) is 3.14. The summed E-state index contributed by atoms with van der Waals surface area (Å²) in [5, 5.41) is 5.36. The molecule has 7 nitrogen and oxygen atoms in total. The first-order valence-corrected chi connectivity index (χ1v) is 8.47. The lowest BCUT2D eigenvalue weighted by molar-refractivity contribution is 0.0549. The maximum Gasteiger partial charge on any atom is 0.357 e. The van der Waals surface area contributed by atoms with E-state index in [0.717, 1.165) is 5.39 Å². The number of rotatable bonds is 4. The van der Waals surface area contributed by atoms with Gasteiger partial charge in [-0.1, -0.05) is 30.3 Å². The number of nitrogens with zero attached hydrogens (tertiary/aromatic N) is 2. The lowest BCUT2D eigenvalue weighted by atomic mass is 10.0. The number of benzene rings is 2. The maximum atomic E-state index is 12.7. The SMILES string of the molecule is COC(=O)c1c(-c2cccc3occc23)nn(-c2ccccc2)c1C(=O)OC. The fourth-order valence-corrected chi connectivity index (χ4v) is 3.14. The largest absolute Gasteiger partial charge is 0.465 e. The number of para-hydroxylation sites is 1. The number of furan rings is 1. The van der Waals surface area contributed by atoms with E-state index in [4.69, 9.17) is 13.9 Å². The maximum absolute atomic E-state index is 12.7. The number of hydrogen-bond acceptors (Lipinski definition) is 6. The van der Waals surface area contributed by atoms with Gasteiger partial charge in [-0.05, 0) is 24.3 Å². The van der Waals surface area contributed by atoms with Crippen LogP contribution in [0.15, 0.2) is 65.3 Å². The molecule has 4 aromatic rings. The molecule has 2 aromatic carbocycles. The number of aromatic nitrogens is 2. The molecule has 0 unspecified atom stereocenters. The third-order valence-electron chi connectivity index (χ3n) is 4.41. The molecule has 0 aliphatic heterocycles. The Bertz CT molecular complexity index is 1170. The van der Waals surface area contributed by atoms with Crippen LogP contribution in [0.25, 0.3) is 27.9 Å². The Kier molecular flexibility index (Phi) is 4.41. The molecule has 0 bridgehead atoms. The minimum absolute atomic E-state index is 0.00366. The average molecular weight is 376 g/mol. The molecule has 140 valence electrons. The van der Waals surface area contributed by atoms with Gasteiger partial charge >= 0.3 is 11.9 Å². The first-order valence-electron chi connectivity index (χ1n) is 8.47. The molecule has 0 fully saturated rings. The molecular formula is C21H16N2O5. The quantitative estimate of drug-likeness (QED) is 0.503. The monoisotopic (exact) mass is 376 g/mol. The van der Waals surface area contributed by atoms with Crippen LogP contribution < -0.4 is 0 Å². The van der Waals surface area contributed by atoms with E-state index < -0.39 is 11.9 Å². The summed E-state index contributed by atoms with van der Waals surface area (Å²) in [5.74, 6) is -1.37. The average Bonchev–Trinajstić information content (AvgIpc) is 3.38. The molecule has 0 saturated heterocycles. The smallest absolute Gasteiger partial charge is 0.357 e. The van der Waals surface area contributed by atoms with Gasteiger partial charge in [0.15, 0.2) is 5.69 Å². The van der Waals surface area contributed by atoms with Crippen molar-refractivity contribution < 1.29 is 23.5 Å². The van der Waals surface area contributed by atoms with Gasteiger partial charge in [0.1, 0.15) is 16.8 Å². The van der Waals surface area contributed by atoms with Crippen molar-refractivity contribution in [3.63, 3.8) is 0 Å². The van der Waals surface area contributed by atoms with Crippen LogP contribution in [-0.4, -0.2) is 35.9 Å². The van der Waals surface area contributed by atoms with Gasteiger partial charge in [0, 0.05) is 10.9 Å². The Labute approximate surface area is 160 Å². The summed E-state index contributed by atoms with van der Waals surface area (Å²) in [7, 11) is 2.51. The number of hydrogen-bond donors (Lipinski definition) is 0. The molecular weight excluding hydrogens is 360 g/mol. The zero-order chi connectivity index (χ0) is 19.7.